The zero-order valence-electron chi connectivity index (χ0n) is 11.3. The molecular formula is C13H25N3O. The van der Waals surface area contributed by atoms with E-state index in [4.69, 9.17) is 0 Å². The van der Waals surface area contributed by atoms with Crippen LogP contribution in [0.1, 0.15) is 32.6 Å². The lowest BCUT2D eigenvalue weighted by molar-refractivity contribution is -0.130. The van der Waals surface area contributed by atoms with Crippen LogP contribution in [0.5, 0.6) is 0 Å². The Kier molecular flexibility index (Phi) is 4.05. The molecule has 0 saturated carbocycles. The first-order chi connectivity index (χ1) is 8.08. The third-order valence-electron chi connectivity index (χ3n) is 4.12. The Morgan fingerprint density at radius 2 is 2.12 bits per heavy atom. The highest BCUT2D eigenvalue weighted by molar-refractivity contribution is 5.80. The normalized spacial score (nSPS) is 31.0. The molecule has 0 radical (unpaired) electrons. The van der Waals surface area contributed by atoms with Crippen LogP contribution < -0.4 is 5.32 Å². The molecule has 2 aliphatic rings. The fraction of sp³-hybridized carbons (Fsp3) is 0.923. The molecule has 0 spiro atoms. The van der Waals surface area contributed by atoms with Crippen LogP contribution in [0, 0.1) is 0 Å². The summed E-state index contributed by atoms with van der Waals surface area (Å²) >= 11 is 0. The molecule has 2 fully saturated rings. The molecule has 3 unspecified atom stereocenters. The van der Waals surface area contributed by atoms with Gasteiger partial charge in [-0.05, 0) is 45.7 Å². The molecule has 2 saturated heterocycles. The van der Waals surface area contributed by atoms with Crippen LogP contribution >= 0.6 is 0 Å². The zero-order valence-corrected chi connectivity index (χ0v) is 11.3. The zero-order chi connectivity index (χ0) is 12.4. The summed E-state index contributed by atoms with van der Waals surface area (Å²) in [6.07, 6.45) is 5.09. The minimum absolute atomic E-state index is 0.0528. The molecule has 0 aromatic carbocycles. The van der Waals surface area contributed by atoms with Crippen molar-refractivity contribution in [2.45, 2.75) is 50.7 Å². The van der Waals surface area contributed by atoms with Gasteiger partial charge in [0.05, 0.1) is 6.04 Å². The number of hydrogen-bond acceptors (Lipinski definition) is 3. The molecule has 4 nitrogen and oxygen atoms in total. The second-order valence-electron chi connectivity index (χ2n) is 5.67. The Bertz CT molecular complexity index is 280. The van der Waals surface area contributed by atoms with Crippen molar-refractivity contribution < 1.29 is 4.79 Å². The summed E-state index contributed by atoms with van der Waals surface area (Å²) in [7, 11) is 3.64. The largest absolute Gasteiger partial charge is 0.347 e. The quantitative estimate of drug-likeness (QED) is 0.786. The van der Waals surface area contributed by atoms with Crippen LogP contribution in [0.4, 0.5) is 0 Å². The van der Waals surface area contributed by atoms with Gasteiger partial charge >= 0.3 is 0 Å². The van der Waals surface area contributed by atoms with Gasteiger partial charge in [-0.25, -0.2) is 0 Å². The van der Waals surface area contributed by atoms with Crippen molar-refractivity contribution in [3.63, 3.8) is 0 Å². The van der Waals surface area contributed by atoms with E-state index < -0.39 is 0 Å². The third-order valence-corrected chi connectivity index (χ3v) is 4.12. The van der Waals surface area contributed by atoms with Gasteiger partial charge in [0.25, 0.3) is 0 Å². The van der Waals surface area contributed by atoms with Crippen LogP contribution in [0.3, 0.4) is 0 Å². The van der Waals surface area contributed by atoms with Crippen LogP contribution in [0.15, 0.2) is 0 Å². The molecular weight excluding hydrogens is 214 g/mol. The molecule has 4 heteroatoms. The molecule has 0 bridgehead atoms. The summed E-state index contributed by atoms with van der Waals surface area (Å²) in [5.74, 6) is 0.179. The number of hydrogen-bond donors (Lipinski definition) is 1. The molecule has 3 atom stereocenters. The molecule has 2 rings (SSSR count). The Morgan fingerprint density at radius 3 is 2.82 bits per heavy atom. The number of carbonyl (C=O) groups is 1. The van der Waals surface area contributed by atoms with Crippen LogP contribution in [0.2, 0.25) is 0 Å². The van der Waals surface area contributed by atoms with Gasteiger partial charge in [-0.1, -0.05) is 0 Å². The minimum atomic E-state index is -0.0528. The van der Waals surface area contributed by atoms with Gasteiger partial charge in [0.15, 0.2) is 0 Å². The summed E-state index contributed by atoms with van der Waals surface area (Å²) < 4.78 is 0. The predicted molar refractivity (Wildman–Crippen MR) is 68.9 cm³/mol. The first kappa shape index (κ1) is 12.8. The van der Waals surface area contributed by atoms with E-state index >= 15 is 0 Å². The second kappa shape index (κ2) is 5.36. The van der Waals surface area contributed by atoms with Crippen LogP contribution in [-0.2, 0) is 4.79 Å². The maximum Gasteiger partial charge on any atom is 0.238 e. The summed E-state index contributed by atoms with van der Waals surface area (Å²) in [5.41, 5.74) is 0. The van der Waals surface area contributed by atoms with Crippen LogP contribution in [-0.4, -0.2) is 61.0 Å². The molecule has 1 amide bonds. The number of carbonyl (C=O) groups excluding carboxylic acids is 1. The number of piperidine rings is 1. The monoisotopic (exact) mass is 239 g/mol. The number of fused-ring (bicyclic) bond motifs is 1. The summed E-state index contributed by atoms with van der Waals surface area (Å²) in [6.45, 7) is 4.46. The molecule has 0 aromatic rings. The molecule has 1 N–H and O–H groups in total. The highest BCUT2D eigenvalue weighted by Crippen LogP contribution is 2.26. The number of nitrogens with zero attached hydrogens (tertiary/aromatic N) is 2. The Morgan fingerprint density at radius 1 is 1.35 bits per heavy atom. The molecule has 98 valence electrons. The fourth-order valence-corrected chi connectivity index (χ4v) is 3.19. The van der Waals surface area contributed by atoms with Crippen molar-refractivity contribution in [1.82, 2.24) is 15.1 Å². The van der Waals surface area contributed by atoms with Gasteiger partial charge in [0.1, 0.15) is 0 Å². The fourth-order valence-electron chi connectivity index (χ4n) is 3.19. The van der Waals surface area contributed by atoms with E-state index in [0.29, 0.717) is 6.04 Å². The highest BCUT2D eigenvalue weighted by atomic mass is 16.2. The van der Waals surface area contributed by atoms with E-state index in [2.05, 4.69) is 10.2 Å². The van der Waals surface area contributed by atoms with E-state index in [9.17, 15) is 4.79 Å². The third kappa shape index (κ3) is 2.99. The number of rotatable bonds is 3. The van der Waals surface area contributed by atoms with Crippen LogP contribution in [0.25, 0.3) is 0 Å². The van der Waals surface area contributed by atoms with Crippen molar-refractivity contribution in [2.75, 3.05) is 27.2 Å². The van der Waals surface area contributed by atoms with Gasteiger partial charge in [0, 0.05) is 26.2 Å². The maximum absolute atomic E-state index is 11.8. The standard InChI is InChI=1S/C13H25N3O/c1-10(13(17)15(2)3)14-11-6-8-16-7-4-5-12(16)9-11/h10-12,14H,4-9H2,1-3H3. The average Bonchev–Trinajstić information content (AvgIpc) is 2.74. The van der Waals surface area contributed by atoms with E-state index in [1.807, 2.05) is 21.0 Å². The average molecular weight is 239 g/mol. The summed E-state index contributed by atoms with van der Waals surface area (Å²) in [6, 6.07) is 1.24. The van der Waals surface area contributed by atoms with Gasteiger partial charge in [-0.2, -0.15) is 0 Å². The van der Waals surface area contributed by atoms with E-state index in [1.165, 1.54) is 38.8 Å². The molecule has 17 heavy (non-hydrogen) atoms. The lowest BCUT2D eigenvalue weighted by Crippen LogP contribution is -2.51. The summed E-state index contributed by atoms with van der Waals surface area (Å²) in [4.78, 5) is 16.1. The first-order valence-electron chi connectivity index (χ1n) is 6.79. The van der Waals surface area contributed by atoms with Gasteiger partial charge in [-0.15, -0.1) is 0 Å². The Hall–Kier alpha value is -0.610. The van der Waals surface area contributed by atoms with Crippen molar-refractivity contribution in [3.8, 4) is 0 Å². The minimum Gasteiger partial charge on any atom is -0.347 e. The van der Waals surface area contributed by atoms with E-state index in [-0.39, 0.29) is 11.9 Å². The smallest absolute Gasteiger partial charge is 0.238 e. The van der Waals surface area contributed by atoms with Gasteiger partial charge in [-0.3, -0.25) is 4.79 Å². The SMILES string of the molecule is CC(NC1CCN2CCCC2C1)C(=O)N(C)C. The van der Waals surface area contributed by atoms with Crippen molar-refractivity contribution in [1.29, 1.82) is 0 Å². The topological polar surface area (TPSA) is 35.6 Å². The Balaban J connectivity index is 1.81. The molecule has 2 aliphatic heterocycles. The molecule has 0 aliphatic carbocycles. The maximum atomic E-state index is 11.8. The molecule has 0 aromatic heterocycles. The molecule has 2 heterocycles. The van der Waals surface area contributed by atoms with Crippen molar-refractivity contribution >= 4 is 5.91 Å². The van der Waals surface area contributed by atoms with Crippen molar-refractivity contribution in [2.24, 2.45) is 0 Å². The lowest BCUT2D eigenvalue weighted by Gasteiger charge is -2.36. The predicted octanol–water partition coefficient (Wildman–Crippen LogP) is 0.680. The highest BCUT2D eigenvalue weighted by Gasteiger charge is 2.32. The number of amides is 1. The van der Waals surface area contributed by atoms with E-state index in [0.717, 1.165) is 6.04 Å². The first-order valence-corrected chi connectivity index (χ1v) is 6.79. The Labute approximate surface area is 104 Å². The summed E-state index contributed by atoms with van der Waals surface area (Å²) in [5, 5.41) is 3.49. The van der Waals surface area contributed by atoms with Gasteiger partial charge < -0.3 is 15.1 Å². The number of likely N-dealkylation sites (N-methyl/N-ethyl adjacent to an activating group) is 1. The lowest BCUT2D eigenvalue weighted by atomic mass is 9.97. The van der Waals surface area contributed by atoms with Gasteiger partial charge in [0.2, 0.25) is 5.91 Å². The number of nitrogens with one attached hydrogen (secondary N) is 1. The van der Waals surface area contributed by atoms with E-state index in [1.54, 1.807) is 4.90 Å². The second-order valence-corrected chi connectivity index (χ2v) is 5.67. The van der Waals surface area contributed by atoms with Crippen molar-refractivity contribution in [3.05, 3.63) is 0 Å².